The van der Waals surface area contributed by atoms with E-state index in [-0.39, 0.29) is 0 Å². The van der Waals surface area contributed by atoms with Crippen molar-refractivity contribution < 1.29 is 0 Å². The molecule has 1 aromatic carbocycles. The molecule has 0 aliphatic heterocycles. The first kappa shape index (κ1) is 14.3. The Kier molecular flexibility index (Phi) is 3.42. The van der Waals surface area contributed by atoms with Crippen molar-refractivity contribution in [3.8, 4) is 5.69 Å². The SMILES string of the molecule is Cc1ccc(-n2nnnc2N(C)Cc2nnc3ccccn23)cc1. The Labute approximate surface area is 138 Å². The van der Waals surface area contributed by atoms with Gasteiger partial charge in [0.2, 0.25) is 0 Å². The van der Waals surface area contributed by atoms with Gasteiger partial charge in [0, 0.05) is 13.2 Å². The van der Waals surface area contributed by atoms with Crippen molar-refractivity contribution in [2.75, 3.05) is 11.9 Å². The van der Waals surface area contributed by atoms with Crippen LogP contribution in [0.1, 0.15) is 11.4 Å². The predicted octanol–water partition coefficient (Wildman–Crippen LogP) is 1.65. The summed E-state index contributed by atoms with van der Waals surface area (Å²) >= 11 is 0. The van der Waals surface area contributed by atoms with Gasteiger partial charge in [0.15, 0.2) is 11.5 Å². The number of aromatic nitrogens is 7. The van der Waals surface area contributed by atoms with Gasteiger partial charge in [0.05, 0.1) is 12.2 Å². The average Bonchev–Trinajstić information content (AvgIpc) is 3.23. The van der Waals surface area contributed by atoms with Gasteiger partial charge in [-0.3, -0.25) is 4.40 Å². The van der Waals surface area contributed by atoms with Gasteiger partial charge in [-0.1, -0.05) is 28.9 Å². The maximum Gasteiger partial charge on any atom is 0.250 e. The van der Waals surface area contributed by atoms with Crippen LogP contribution in [0.4, 0.5) is 5.95 Å². The lowest BCUT2D eigenvalue weighted by atomic mass is 10.2. The smallest absolute Gasteiger partial charge is 0.250 e. The van der Waals surface area contributed by atoms with Gasteiger partial charge < -0.3 is 4.90 Å². The quantitative estimate of drug-likeness (QED) is 0.569. The number of anilines is 1. The van der Waals surface area contributed by atoms with Gasteiger partial charge in [0.1, 0.15) is 0 Å². The molecule has 4 rings (SSSR count). The molecule has 4 aromatic rings. The second kappa shape index (κ2) is 5.73. The summed E-state index contributed by atoms with van der Waals surface area (Å²) in [4.78, 5) is 1.95. The van der Waals surface area contributed by atoms with Crippen LogP contribution in [0, 0.1) is 6.92 Å². The first-order valence-corrected chi connectivity index (χ1v) is 7.57. The molecule has 0 spiro atoms. The number of pyridine rings is 1. The molecule has 8 nitrogen and oxygen atoms in total. The minimum absolute atomic E-state index is 0.539. The zero-order valence-corrected chi connectivity index (χ0v) is 13.4. The molecule has 0 aliphatic rings. The van der Waals surface area contributed by atoms with Gasteiger partial charge in [-0.15, -0.1) is 10.2 Å². The molecule has 0 atom stereocenters. The normalized spacial score (nSPS) is 11.1. The van der Waals surface area contributed by atoms with Crippen molar-refractivity contribution in [2.45, 2.75) is 13.5 Å². The van der Waals surface area contributed by atoms with Gasteiger partial charge in [-0.2, -0.15) is 4.68 Å². The van der Waals surface area contributed by atoms with Crippen molar-refractivity contribution in [2.24, 2.45) is 0 Å². The summed E-state index contributed by atoms with van der Waals surface area (Å²) < 4.78 is 3.67. The molecule has 8 heteroatoms. The van der Waals surface area contributed by atoms with Crippen LogP contribution in [0.3, 0.4) is 0 Å². The Bertz CT molecular complexity index is 969. The molecular formula is C16H16N8. The number of hydrogen-bond donors (Lipinski definition) is 0. The largest absolute Gasteiger partial charge is 0.335 e. The number of nitrogens with zero attached hydrogens (tertiary/aromatic N) is 8. The lowest BCUT2D eigenvalue weighted by Crippen LogP contribution is -2.22. The fourth-order valence-electron chi connectivity index (χ4n) is 2.56. The van der Waals surface area contributed by atoms with Crippen molar-refractivity contribution >= 4 is 11.6 Å². The van der Waals surface area contributed by atoms with E-state index in [9.17, 15) is 0 Å². The Morgan fingerprint density at radius 3 is 2.67 bits per heavy atom. The molecule has 3 aromatic heterocycles. The highest BCUT2D eigenvalue weighted by Crippen LogP contribution is 2.16. The van der Waals surface area contributed by atoms with E-state index in [1.165, 1.54) is 5.56 Å². The summed E-state index contributed by atoms with van der Waals surface area (Å²) in [5.41, 5.74) is 2.93. The first-order valence-electron chi connectivity index (χ1n) is 7.57. The number of fused-ring (bicyclic) bond motifs is 1. The lowest BCUT2D eigenvalue weighted by Gasteiger charge is -2.16. The molecule has 24 heavy (non-hydrogen) atoms. The van der Waals surface area contributed by atoms with Gasteiger partial charge >= 0.3 is 0 Å². The maximum absolute atomic E-state index is 4.25. The summed E-state index contributed by atoms with van der Waals surface area (Å²) in [5, 5.41) is 20.5. The molecule has 0 saturated heterocycles. The predicted molar refractivity (Wildman–Crippen MR) is 89.0 cm³/mol. The van der Waals surface area contributed by atoms with Crippen molar-refractivity contribution in [1.29, 1.82) is 0 Å². The van der Waals surface area contributed by atoms with E-state index in [4.69, 9.17) is 0 Å². The van der Waals surface area contributed by atoms with Crippen LogP contribution in [0.15, 0.2) is 48.7 Å². The lowest BCUT2D eigenvalue weighted by molar-refractivity contribution is 0.753. The zero-order valence-electron chi connectivity index (χ0n) is 13.4. The molecular weight excluding hydrogens is 304 g/mol. The van der Waals surface area contributed by atoms with E-state index in [0.29, 0.717) is 12.5 Å². The molecule has 0 fully saturated rings. The van der Waals surface area contributed by atoms with Gasteiger partial charge in [-0.05, 0) is 41.6 Å². The number of rotatable bonds is 4. The van der Waals surface area contributed by atoms with Crippen LogP contribution < -0.4 is 4.90 Å². The third kappa shape index (κ3) is 2.47. The van der Waals surface area contributed by atoms with Crippen LogP contribution in [-0.2, 0) is 6.54 Å². The standard InChI is InChI=1S/C16H16N8/c1-12-6-8-13(9-7-12)24-16(19-20-21-24)22(2)11-15-18-17-14-5-3-4-10-23(14)15/h3-10H,11H2,1-2H3. The van der Waals surface area contributed by atoms with Crippen molar-refractivity contribution in [3.63, 3.8) is 0 Å². The fourth-order valence-corrected chi connectivity index (χ4v) is 2.56. The Morgan fingerprint density at radius 1 is 1.00 bits per heavy atom. The highest BCUT2D eigenvalue weighted by molar-refractivity contribution is 5.42. The second-order valence-corrected chi connectivity index (χ2v) is 5.63. The Balaban J connectivity index is 1.65. The van der Waals surface area contributed by atoms with E-state index < -0.39 is 0 Å². The number of aryl methyl sites for hydroxylation is 1. The second-order valence-electron chi connectivity index (χ2n) is 5.63. The Morgan fingerprint density at radius 2 is 1.83 bits per heavy atom. The molecule has 0 amide bonds. The van der Waals surface area contributed by atoms with Crippen LogP contribution >= 0.6 is 0 Å². The Hall–Kier alpha value is -3.29. The number of benzene rings is 1. The fraction of sp³-hybridized carbons (Fsp3) is 0.188. The van der Waals surface area contributed by atoms with E-state index in [0.717, 1.165) is 17.2 Å². The monoisotopic (exact) mass is 320 g/mol. The van der Waals surface area contributed by atoms with Gasteiger partial charge in [0.25, 0.3) is 5.95 Å². The summed E-state index contributed by atoms with van der Waals surface area (Å²) in [6.45, 7) is 2.59. The molecule has 0 N–H and O–H groups in total. The third-order valence-corrected chi connectivity index (χ3v) is 3.84. The van der Waals surface area contributed by atoms with E-state index >= 15 is 0 Å². The van der Waals surface area contributed by atoms with Crippen LogP contribution in [0.5, 0.6) is 0 Å². The first-order chi connectivity index (χ1) is 11.7. The molecule has 0 aliphatic carbocycles. The summed E-state index contributed by atoms with van der Waals surface area (Å²) in [5.74, 6) is 1.47. The van der Waals surface area contributed by atoms with Crippen LogP contribution in [-0.4, -0.2) is 41.9 Å². The van der Waals surface area contributed by atoms with Crippen LogP contribution in [0.25, 0.3) is 11.3 Å². The van der Waals surface area contributed by atoms with E-state index in [1.807, 2.05) is 71.9 Å². The topological polar surface area (TPSA) is 77.0 Å². The zero-order chi connectivity index (χ0) is 16.5. The van der Waals surface area contributed by atoms with E-state index in [1.54, 1.807) is 4.68 Å². The number of tetrazole rings is 1. The highest BCUT2D eigenvalue weighted by Gasteiger charge is 2.15. The van der Waals surface area contributed by atoms with E-state index in [2.05, 4.69) is 25.7 Å². The van der Waals surface area contributed by atoms with Gasteiger partial charge in [-0.25, -0.2) is 0 Å². The number of hydrogen-bond acceptors (Lipinski definition) is 6. The summed E-state index contributed by atoms with van der Waals surface area (Å²) in [6, 6.07) is 13.9. The molecule has 0 radical (unpaired) electrons. The minimum atomic E-state index is 0.539. The average molecular weight is 320 g/mol. The van der Waals surface area contributed by atoms with Crippen LogP contribution in [0.2, 0.25) is 0 Å². The molecule has 0 bridgehead atoms. The summed E-state index contributed by atoms with van der Waals surface area (Å²) in [7, 11) is 1.93. The third-order valence-electron chi connectivity index (χ3n) is 3.84. The molecule has 0 unspecified atom stereocenters. The van der Waals surface area contributed by atoms with Crippen molar-refractivity contribution in [1.82, 2.24) is 34.8 Å². The highest BCUT2D eigenvalue weighted by atomic mass is 15.6. The molecule has 3 heterocycles. The molecule has 0 saturated carbocycles. The molecule has 120 valence electrons. The maximum atomic E-state index is 4.25. The van der Waals surface area contributed by atoms with Crippen molar-refractivity contribution in [3.05, 3.63) is 60.0 Å². The summed E-state index contributed by atoms with van der Waals surface area (Å²) in [6.07, 6.45) is 1.95. The minimum Gasteiger partial charge on any atom is -0.335 e.